The predicted molar refractivity (Wildman–Crippen MR) is 82.5 cm³/mol. The number of hydrogen-bond donors (Lipinski definition) is 0. The quantitative estimate of drug-likeness (QED) is 0.481. The first-order chi connectivity index (χ1) is 9.45. The summed E-state index contributed by atoms with van der Waals surface area (Å²) in [7, 11) is 0. The van der Waals surface area contributed by atoms with E-state index < -0.39 is 31.7 Å². The van der Waals surface area contributed by atoms with Crippen LogP contribution in [0.15, 0.2) is 0 Å². The average Bonchev–Trinajstić information content (AvgIpc) is 2.26. The van der Waals surface area contributed by atoms with Gasteiger partial charge in [-0.1, -0.05) is 69.6 Å². The summed E-state index contributed by atoms with van der Waals surface area (Å²) in [5, 5.41) is 0. The van der Waals surface area contributed by atoms with Crippen LogP contribution in [0.25, 0.3) is 0 Å². The van der Waals surface area contributed by atoms with Crippen molar-refractivity contribution in [2.45, 2.75) is 33.6 Å². The molecule has 0 unspecified atom stereocenters. The fourth-order valence-electron chi connectivity index (χ4n) is 1.10. The van der Waals surface area contributed by atoms with Crippen molar-refractivity contribution in [1.82, 2.24) is 0 Å². The zero-order valence-corrected chi connectivity index (χ0v) is 15.4. The van der Waals surface area contributed by atoms with Crippen LogP contribution in [0, 0.1) is 0 Å². The zero-order valence-electron chi connectivity index (χ0n) is 10.9. The number of carbonyl (C=O) groups is 2. The summed E-state index contributed by atoms with van der Waals surface area (Å²) in [6.45, 7) is 3.06. The third-order valence-corrected chi connectivity index (χ3v) is 3.06. The number of carbonyl (C=O) groups excluding carboxylic acids is 2. The second-order valence-electron chi connectivity index (χ2n) is 3.48. The SMILES string of the molecule is CCOC(=O)[C@@H](O[C@@H](C(=O)OCC)C(Cl)(Cl)Cl)C(Cl)(Cl)Cl. The molecule has 0 aromatic heterocycles. The zero-order chi connectivity index (χ0) is 16.8. The Morgan fingerprint density at radius 2 is 1.10 bits per heavy atom. The Morgan fingerprint density at radius 3 is 1.29 bits per heavy atom. The van der Waals surface area contributed by atoms with Gasteiger partial charge in [-0.05, 0) is 13.8 Å². The summed E-state index contributed by atoms with van der Waals surface area (Å²) in [6.07, 6.45) is -3.57. The van der Waals surface area contributed by atoms with Crippen molar-refractivity contribution in [3.63, 3.8) is 0 Å². The lowest BCUT2D eigenvalue weighted by molar-refractivity contribution is -0.171. The molecular weight excluding hydrogens is 413 g/mol. The lowest BCUT2D eigenvalue weighted by atomic mass is 10.3. The fourth-order valence-corrected chi connectivity index (χ4v) is 1.95. The maximum Gasteiger partial charge on any atom is 0.339 e. The van der Waals surface area contributed by atoms with E-state index in [1.165, 1.54) is 13.8 Å². The minimum Gasteiger partial charge on any atom is -0.464 e. The van der Waals surface area contributed by atoms with E-state index in [1.54, 1.807) is 0 Å². The van der Waals surface area contributed by atoms with Gasteiger partial charge in [-0.15, -0.1) is 0 Å². The monoisotopic (exact) mass is 422 g/mol. The average molecular weight is 425 g/mol. The van der Waals surface area contributed by atoms with Crippen LogP contribution in [0.3, 0.4) is 0 Å². The largest absolute Gasteiger partial charge is 0.464 e. The molecule has 11 heteroatoms. The van der Waals surface area contributed by atoms with Gasteiger partial charge in [0.05, 0.1) is 13.2 Å². The van der Waals surface area contributed by atoms with Crippen LogP contribution in [-0.4, -0.2) is 44.9 Å². The first kappa shape index (κ1) is 21.6. The van der Waals surface area contributed by atoms with Crippen LogP contribution in [-0.2, 0) is 23.8 Å². The molecule has 0 spiro atoms. The molecule has 0 fully saturated rings. The van der Waals surface area contributed by atoms with E-state index in [0.29, 0.717) is 0 Å². The molecule has 0 saturated heterocycles. The molecule has 0 bridgehead atoms. The van der Waals surface area contributed by atoms with E-state index >= 15 is 0 Å². The smallest absolute Gasteiger partial charge is 0.339 e. The van der Waals surface area contributed by atoms with Gasteiger partial charge >= 0.3 is 11.9 Å². The molecule has 0 aromatic carbocycles. The number of hydrogen-bond acceptors (Lipinski definition) is 5. The minimum absolute atomic E-state index is 0.00270. The number of esters is 2. The maximum absolute atomic E-state index is 11.8. The lowest BCUT2D eigenvalue weighted by Crippen LogP contribution is -2.48. The summed E-state index contributed by atoms with van der Waals surface area (Å²) in [5.41, 5.74) is 0. The highest BCUT2D eigenvalue weighted by molar-refractivity contribution is 6.69. The Balaban J connectivity index is 5.32. The molecule has 0 aromatic rings. The summed E-state index contributed by atoms with van der Waals surface area (Å²) < 4.78 is 9.95. The third-order valence-electron chi connectivity index (χ3n) is 1.87. The predicted octanol–water partition coefficient (Wildman–Crippen LogP) is 3.61. The van der Waals surface area contributed by atoms with Crippen LogP contribution in [0.2, 0.25) is 0 Å². The topological polar surface area (TPSA) is 61.8 Å². The normalized spacial score (nSPS) is 15.2. The van der Waals surface area contributed by atoms with Gasteiger partial charge in [0.15, 0.2) is 0 Å². The Kier molecular flexibility index (Phi) is 9.34. The van der Waals surface area contributed by atoms with Crippen LogP contribution >= 0.6 is 69.6 Å². The van der Waals surface area contributed by atoms with E-state index in [1.807, 2.05) is 0 Å². The van der Waals surface area contributed by atoms with Crippen LogP contribution in [0.5, 0.6) is 0 Å². The Bertz CT molecular complexity index is 330. The summed E-state index contributed by atoms with van der Waals surface area (Å²) in [4.78, 5) is 23.5. The van der Waals surface area contributed by atoms with Gasteiger partial charge in [-0.25, -0.2) is 9.59 Å². The van der Waals surface area contributed by atoms with Crippen LogP contribution in [0.1, 0.15) is 13.8 Å². The molecule has 124 valence electrons. The second kappa shape index (κ2) is 9.06. The highest BCUT2D eigenvalue weighted by Gasteiger charge is 2.49. The molecule has 0 aliphatic carbocycles. The summed E-state index contributed by atoms with van der Waals surface area (Å²) >= 11 is 33.8. The van der Waals surface area contributed by atoms with Gasteiger partial charge in [0.25, 0.3) is 0 Å². The molecule has 0 amide bonds. The van der Waals surface area contributed by atoms with Gasteiger partial charge in [0, 0.05) is 0 Å². The maximum atomic E-state index is 11.8. The highest BCUT2D eigenvalue weighted by atomic mass is 35.6. The summed E-state index contributed by atoms with van der Waals surface area (Å²) in [6, 6.07) is 0. The Labute approximate surface area is 152 Å². The van der Waals surface area contributed by atoms with E-state index in [4.69, 9.17) is 74.3 Å². The number of alkyl halides is 6. The van der Waals surface area contributed by atoms with Crippen molar-refractivity contribution in [2.24, 2.45) is 0 Å². The van der Waals surface area contributed by atoms with E-state index in [-0.39, 0.29) is 13.2 Å². The number of ether oxygens (including phenoxy) is 3. The molecule has 0 aliphatic heterocycles. The number of halogens is 6. The molecule has 0 saturated carbocycles. The van der Waals surface area contributed by atoms with E-state index in [0.717, 1.165) is 0 Å². The van der Waals surface area contributed by atoms with Crippen LogP contribution < -0.4 is 0 Å². The van der Waals surface area contributed by atoms with E-state index in [2.05, 4.69) is 9.47 Å². The number of rotatable bonds is 6. The molecule has 0 rings (SSSR count). The summed E-state index contributed by atoms with van der Waals surface area (Å²) in [5.74, 6) is -2.05. The Morgan fingerprint density at radius 1 is 0.810 bits per heavy atom. The van der Waals surface area contributed by atoms with Gasteiger partial charge < -0.3 is 14.2 Å². The molecule has 0 aliphatic rings. The van der Waals surface area contributed by atoms with Gasteiger partial charge in [0.1, 0.15) is 0 Å². The van der Waals surface area contributed by atoms with Gasteiger partial charge in [-0.2, -0.15) is 0 Å². The molecular formula is C10H12Cl6O5. The molecule has 5 nitrogen and oxygen atoms in total. The molecule has 0 heterocycles. The van der Waals surface area contributed by atoms with Crippen molar-refractivity contribution < 1.29 is 23.8 Å². The fraction of sp³-hybridized carbons (Fsp3) is 0.800. The van der Waals surface area contributed by atoms with Crippen molar-refractivity contribution in [1.29, 1.82) is 0 Å². The Hall–Kier alpha value is 0.640. The lowest BCUT2D eigenvalue weighted by Gasteiger charge is -2.29. The molecule has 2 atom stereocenters. The van der Waals surface area contributed by atoms with Crippen molar-refractivity contribution in [3.8, 4) is 0 Å². The van der Waals surface area contributed by atoms with E-state index in [9.17, 15) is 9.59 Å². The highest BCUT2D eigenvalue weighted by Crippen LogP contribution is 2.39. The third kappa shape index (κ3) is 7.64. The van der Waals surface area contributed by atoms with Crippen molar-refractivity contribution in [3.05, 3.63) is 0 Å². The molecule has 0 radical (unpaired) electrons. The second-order valence-corrected chi connectivity index (χ2v) is 8.22. The standard InChI is InChI=1S/C10H12Cl6O5/c1-3-19-7(17)5(9(11,12)13)21-6(10(14,15)16)8(18)20-4-2/h5-6H,3-4H2,1-2H3/t5-,6+. The molecule has 0 N–H and O–H groups in total. The van der Waals surface area contributed by atoms with Gasteiger partial charge in [-0.3, -0.25) is 0 Å². The first-order valence-corrected chi connectivity index (χ1v) is 7.84. The first-order valence-electron chi connectivity index (χ1n) is 5.57. The molecule has 21 heavy (non-hydrogen) atoms. The van der Waals surface area contributed by atoms with Crippen molar-refractivity contribution >= 4 is 81.5 Å². The van der Waals surface area contributed by atoms with Crippen molar-refractivity contribution in [2.75, 3.05) is 13.2 Å². The van der Waals surface area contributed by atoms with Gasteiger partial charge in [0.2, 0.25) is 19.8 Å². The van der Waals surface area contributed by atoms with Crippen LogP contribution in [0.4, 0.5) is 0 Å². The minimum atomic E-state index is -2.24.